The van der Waals surface area contributed by atoms with E-state index in [9.17, 15) is 9.59 Å². The predicted octanol–water partition coefficient (Wildman–Crippen LogP) is 1.09. The Bertz CT molecular complexity index is 1040. The molecular weight excluding hydrogens is 352 g/mol. The average Bonchev–Trinajstić information content (AvgIpc) is 3.39. The Hall–Kier alpha value is -2.52. The highest BCUT2D eigenvalue weighted by atomic mass is 32.1. The highest BCUT2D eigenvalue weighted by Gasteiger charge is 2.33. The minimum absolute atomic E-state index is 0.0117. The lowest BCUT2D eigenvalue weighted by Crippen LogP contribution is -2.52. The van der Waals surface area contributed by atoms with Crippen LogP contribution in [0.5, 0.6) is 0 Å². The number of thiophene rings is 1. The lowest BCUT2D eigenvalue weighted by molar-refractivity contribution is 0.0571. The van der Waals surface area contributed by atoms with Crippen LogP contribution >= 0.6 is 11.3 Å². The molecule has 134 valence electrons. The monoisotopic (exact) mass is 370 g/mol. The van der Waals surface area contributed by atoms with Crippen molar-refractivity contribution in [3.63, 3.8) is 0 Å². The number of nitrogens with one attached hydrogen (secondary N) is 1. The number of hydrogen-bond acceptors (Lipinski definition) is 6. The van der Waals surface area contributed by atoms with Gasteiger partial charge in [-0.2, -0.15) is 5.10 Å². The molecule has 1 amide bonds. The minimum atomic E-state index is -0.202. The zero-order valence-electron chi connectivity index (χ0n) is 14.1. The van der Waals surface area contributed by atoms with Crippen LogP contribution in [0.15, 0.2) is 28.6 Å². The summed E-state index contributed by atoms with van der Waals surface area (Å²) >= 11 is 1.40. The van der Waals surface area contributed by atoms with Crippen LogP contribution in [0.25, 0.3) is 16.2 Å². The molecule has 0 unspecified atom stereocenters. The van der Waals surface area contributed by atoms with Crippen molar-refractivity contribution in [1.82, 2.24) is 29.5 Å². The number of amides is 1. The largest absolute Gasteiger partial charge is 0.336 e. The number of carbonyl (C=O) groups is 1. The molecule has 2 aliphatic rings. The van der Waals surface area contributed by atoms with Crippen LogP contribution < -0.4 is 5.56 Å². The van der Waals surface area contributed by atoms with E-state index in [2.05, 4.69) is 20.0 Å². The summed E-state index contributed by atoms with van der Waals surface area (Å²) in [5, 5.41) is 6.63. The van der Waals surface area contributed by atoms with E-state index in [1.54, 1.807) is 18.5 Å². The first-order valence-electron chi connectivity index (χ1n) is 8.75. The van der Waals surface area contributed by atoms with Crippen molar-refractivity contribution in [2.45, 2.75) is 18.9 Å². The fraction of sp³-hybridized carbons (Fsp3) is 0.412. The maximum absolute atomic E-state index is 12.8. The molecule has 0 spiro atoms. The molecule has 0 bridgehead atoms. The van der Waals surface area contributed by atoms with Crippen LogP contribution in [0.2, 0.25) is 0 Å². The van der Waals surface area contributed by atoms with E-state index >= 15 is 0 Å². The maximum Gasteiger partial charge on any atom is 0.261 e. The summed E-state index contributed by atoms with van der Waals surface area (Å²) in [6.07, 6.45) is 5.56. The summed E-state index contributed by atoms with van der Waals surface area (Å²) < 4.78 is 1.46. The van der Waals surface area contributed by atoms with Gasteiger partial charge in [0.2, 0.25) is 5.95 Å². The molecule has 8 nitrogen and oxygen atoms in total. The minimum Gasteiger partial charge on any atom is -0.336 e. The number of piperazine rings is 1. The number of rotatable bonds is 2. The smallest absolute Gasteiger partial charge is 0.261 e. The van der Waals surface area contributed by atoms with Gasteiger partial charge in [-0.15, -0.1) is 11.3 Å². The molecule has 0 aromatic carbocycles. The Morgan fingerprint density at radius 2 is 2.23 bits per heavy atom. The molecule has 3 aromatic heterocycles. The molecule has 0 aliphatic carbocycles. The zero-order valence-corrected chi connectivity index (χ0v) is 14.9. The van der Waals surface area contributed by atoms with Crippen molar-refractivity contribution >= 4 is 27.5 Å². The molecular formula is C17H18N6O2S. The summed E-state index contributed by atoms with van der Waals surface area (Å²) in [5.74, 6) is 0.312. The van der Waals surface area contributed by atoms with Gasteiger partial charge in [-0.25, -0.2) is 9.67 Å². The predicted molar refractivity (Wildman–Crippen MR) is 97.9 cm³/mol. The van der Waals surface area contributed by atoms with Crippen molar-refractivity contribution in [2.75, 3.05) is 26.2 Å². The lowest BCUT2D eigenvalue weighted by Gasteiger charge is -2.37. The second-order valence-corrected chi connectivity index (χ2v) is 7.68. The third kappa shape index (κ3) is 2.55. The highest BCUT2D eigenvalue weighted by Crippen LogP contribution is 2.22. The van der Waals surface area contributed by atoms with Crippen LogP contribution in [-0.4, -0.2) is 67.7 Å². The van der Waals surface area contributed by atoms with Gasteiger partial charge in [0.25, 0.3) is 11.5 Å². The average molecular weight is 370 g/mol. The van der Waals surface area contributed by atoms with Crippen LogP contribution in [0.3, 0.4) is 0 Å². The highest BCUT2D eigenvalue weighted by molar-refractivity contribution is 7.16. The summed E-state index contributed by atoms with van der Waals surface area (Å²) in [4.78, 5) is 37.1. The maximum atomic E-state index is 12.8. The van der Waals surface area contributed by atoms with Gasteiger partial charge in [0.05, 0.1) is 17.1 Å². The van der Waals surface area contributed by atoms with E-state index < -0.39 is 0 Å². The van der Waals surface area contributed by atoms with E-state index in [0.29, 0.717) is 27.8 Å². The van der Waals surface area contributed by atoms with E-state index in [0.717, 1.165) is 32.6 Å². The molecule has 1 atom stereocenters. The third-order valence-electron chi connectivity index (χ3n) is 5.24. The molecule has 0 saturated carbocycles. The second kappa shape index (κ2) is 6.03. The van der Waals surface area contributed by atoms with Gasteiger partial charge < -0.3 is 4.90 Å². The zero-order chi connectivity index (χ0) is 17.7. The molecule has 2 aliphatic heterocycles. The van der Waals surface area contributed by atoms with Gasteiger partial charge in [-0.3, -0.25) is 19.5 Å². The molecule has 0 radical (unpaired) electrons. The fourth-order valence-electron chi connectivity index (χ4n) is 3.87. The number of fused-ring (bicyclic) bond motifs is 2. The number of carbonyl (C=O) groups excluding carboxylic acids is 1. The molecule has 2 fully saturated rings. The molecule has 3 aromatic rings. The Kier molecular flexibility index (Phi) is 3.64. The molecule has 26 heavy (non-hydrogen) atoms. The Morgan fingerprint density at radius 3 is 3.15 bits per heavy atom. The van der Waals surface area contributed by atoms with Crippen molar-refractivity contribution in [3.8, 4) is 5.95 Å². The van der Waals surface area contributed by atoms with Gasteiger partial charge >= 0.3 is 0 Å². The van der Waals surface area contributed by atoms with E-state index in [1.165, 1.54) is 22.4 Å². The summed E-state index contributed by atoms with van der Waals surface area (Å²) in [5.41, 5.74) is 0.317. The fourth-order valence-corrected chi connectivity index (χ4v) is 4.63. The van der Waals surface area contributed by atoms with Gasteiger partial charge in [-0.1, -0.05) is 0 Å². The first-order valence-corrected chi connectivity index (χ1v) is 9.63. The standard InChI is InChI=1S/C17H18N6O2S/c24-14-13-3-7-26-15(13)20-17(19-14)23-9-11(8-18-23)16(25)22-6-5-21-4-1-2-12(21)10-22/h3,7-9,12H,1-2,4-6,10H2,(H,19,20,24)/t12-/m1/s1. The van der Waals surface area contributed by atoms with Crippen molar-refractivity contribution < 1.29 is 4.79 Å². The number of nitrogens with zero attached hydrogens (tertiary/aromatic N) is 5. The SMILES string of the molecule is O=C(c1cnn(-c2nc3sccc3c(=O)[nH]2)c1)N1CCN2CCC[C@@H]2C1. The summed E-state index contributed by atoms with van der Waals surface area (Å²) in [7, 11) is 0. The first-order chi connectivity index (χ1) is 12.7. The molecule has 5 heterocycles. The van der Waals surface area contributed by atoms with Gasteiger partial charge in [0, 0.05) is 31.9 Å². The van der Waals surface area contributed by atoms with E-state index in [-0.39, 0.29) is 11.5 Å². The Balaban J connectivity index is 1.40. The van der Waals surface area contributed by atoms with Crippen molar-refractivity contribution in [2.24, 2.45) is 0 Å². The third-order valence-corrected chi connectivity index (χ3v) is 6.05. The van der Waals surface area contributed by atoms with Gasteiger partial charge in [0.15, 0.2) is 0 Å². The number of hydrogen-bond donors (Lipinski definition) is 1. The second-order valence-electron chi connectivity index (χ2n) is 6.79. The van der Waals surface area contributed by atoms with Gasteiger partial charge in [0.1, 0.15) is 4.83 Å². The first kappa shape index (κ1) is 15.7. The number of aromatic amines is 1. The molecule has 1 N–H and O–H groups in total. The van der Waals surface area contributed by atoms with Crippen molar-refractivity contribution in [3.05, 3.63) is 39.8 Å². The normalized spacial score (nSPS) is 20.6. The van der Waals surface area contributed by atoms with E-state index in [1.807, 2.05) is 10.3 Å². The molecule has 2 saturated heterocycles. The van der Waals surface area contributed by atoms with Crippen LogP contribution in [0, 0.1) is 0 Å². The van der Waals surface area contributed by atoms with Crippen LogP contribution in [0.4, 0.5) is 0 Å². The quantitative estimate of drug-likeness (QED) is 0.730. The number of H-pyrrole nitrogens is 1. The van der Waals surface area contributed by atoms with Crippen molar-refractivity contribution in [1.29, 1.82) is 0 Å². The molecule has 5 rings (SSSR count). The molecule has 9 heteroatoms. The van der Waals surface area contributed by atoms with Crippen LogP contribution in [0.1, 0.15) is 23.2 Å². The van der Waals surface area contributed by atoms with Gasteiger partial charge in [-0.05, 0) is 30.8 Å². The Labute approximate surface area is 153 Å². The Morgan fingerprint density at radius 1 is 1.31 bits per heavy atom. The summed E-state index contributed by atoms with van der Waals surface area (Å²) in [6.45, 7) is 3.61. The summed E-state index contributed by atoms with van der Waals surface area (Å²) in [6, 6.07) is 2.23. The van der Waals surface area contributed by atoms with E-state index in [4.69, 9.17) is 0 Å². The van der Waals surface area contributed by atoms with Crippen LogP contribution in [-0.2, 0) is 0 Å². The topological polar surface area (TPSA) is 87.1 Å². The lowest BCUT2D eigenvalue weighted by atomic mass is 10.1. The number of aromatic nitrogens is 4.